The smallest absolute Gasteiger partial charge is 0.315 e. The van der Waals surface area contributed by atoms with Crippen molar-refractivity contribution in [2.75, 3.05) is 0 Å². The van der Waals surface area contributed by atoms with Gasteiger partial charge in [0, 0.05) is 12.1 Å². The molecule has 0 fully saturated rings. The molecule has 0 aliphatic rings. The lowest BCUT2D eigenvalue weighted by atomic mass is 10.1. The predicted octanol–water partition coefficient (Wildman–Crippen LogP) is 2.81. The summed E-state index contributed by atoms with van der Waals surface area (Å²) in [6, 6.07) is 14.1. The molecule has 154 valence electrons. The average Bonchev–Trinajstić information content (AvgIpc) is 2.68. The molecule has 4 N–H and O–H groups in total. The van der Waals surface area contributed by atoms with E-state index in [9.17, 15) is 30.0 Å². The van der Waals surface area contributed by atoms with Crippen LogP contribution < -0.4 is 9.47 Å². The Hall–Kier alpha value is -4.20. The topological polar surface area (TPSA) is 134 Å². The van der Waals surface area contributed by atoms with Crippen LogP contribution in [-0.2, 0) is 22.4 Å². The second-order valence-corrected chi connectivity index (χ2v) is 6.42. The molecule has 0 heterocycles. The summed E-state index contributed by atoms with van der Waals surface area (Å²) in [5.74, 6) is -2.43. The molecule has 0 radical (unpaired) electrons. The van der Waals surface area contributed by atoms with Crippen molar-refractivity contribution in [3.63, 3.8) is 0 Å². The molecular formula is C22H18O8. The van der Waals surface area contributed by atoms with Gasteiger partial charge in [0.1, 0.15) is 11.5 Å². The van der Waals surface area contributed by atoms with Crippen LogP contribution in [0.5, 0.6) is 34.5 Å². The lowest BCUT2D eigenvalue weighted by molar-refractivity contribution is -0.134. The number of phenolic OH excluding ortho intramolecular Hbond substituents is 4. The predicted molar refractivity (Wildman–Crippen MR) is 105 cm³/mol. The fourth-order valence-electron chi connectivity index (χ4n) is 2.65. The minimum absolute atomic E-state index is 0.0731. The second-order valence-electron chi connectivity index (χ2n) is 6.42. The van der Waals surface area contributed by atoms with Crippen LogP contribution in [0.25, 0.3) is 0 Å². The maximum Gasteiger partial charge on any atom is 0.315 e. The Morgan fingerprint density at radius 2 is 1.03 bits per heavy atom. The van der Waals surface area contributed by atoms with Crippen LogP contribution in [0.4, 0.5) is 0 Å². The Morgan fingerprint density at radius 3 is 1.43 bits per heavy atom. The molecule has 0 aliphatic carbocycles. The lowest BCUT2D eigenvalue weighted by Gasteiger charge is -2.08. The molecule has 0 unspecified atom stereocenters. The maximum atomic E-state index is 12.1. The SMILES string of the molecule is O=C(Cc1cccc(CC(=O)Oc2ccc(O)c(O)c2)c1)Oc1ccc(O)c(O)c1. The third-order valence-corrected chi connectivity index (χ3v) is 4.05. The largest absolute Gasteiger partial charge is 0.504 e. The summed E-state index contributed by atoms with van der Waals surface area (Å²) in [5.41, 5.74) is 1.21. The van der Waals surface area contributed by atoms with Crippen molar-refractivity contribution in [3.8, 4) is 34.5 Å². The van der Waals surface area contributed by atoms with Crippen LogP contribution in [0.3, 0.4) is 0 Å². The molecule has 0 atom stereocenters. The molecule has 0 amide bonds. The molecule has 3 aromatic rings. The van der Waals surface area contributed by atoms with Gasteiger partial charge in [-0.15, -0.1) is 0 Å². The number of esters is 2. The molecule has 0 aliphatic heterocycles. The normalized spacial score (nSPS) is 10.4. The number of hydrogen-bond acceptors (Lipinski definition) is 8. The van der Waals surface area contributed by atoms with Crippen molar-refractivity contribution in [1.29, 1.82) is 0 Å². The number of carbonyl (C=O) groups excluding carboxylic acids is 2. The van der Waals surface area contributed by atoms with Crippen LogP contribution in [-0.4, -0.2) is 32.4 Å². The first-order chi connectivity index (χ1) is 14.3. The number of ether oxygens (including phenoxy) is 2. The Bertz CT molecular complexity index is 1010. The van der Waals surface area contributed by atoms with E-state index in [4.69, 9.17) is 9.47 Å². The minimum Gasteiger partial charge on any atom is -0.504 e. The van der Waals surface area contributed by atoms with Gasteiger partial charge in [-0.2, -0.15) is 0 Å². The summed E-state index contributed by atoms with van der Waals surface area (Å²) >= 11 is 0. The Kier molecular flexibility index (Phi) is 6.07. The molecule has 0 saturated heterocycles. The van der Waals surface area contributed by atoms with Crippen LogP contribution in [0, 0.1) is 0 Å². The van der Waals surface area contributed by atoms with E-state index < -0.39 is 23.4 Å². The highest BCUT2D eigenvalue weighted by Gasteiger charge is 2.12. The van der Waals surface area contributed by atoms with Gasteiger partial charge in [-0.1, -0.05) is 24.3 Å². The Balaban J connectivity index is 1.59. The molecule has 0 bridgehead atoms. The highest BCUT2D eigenvalue weighted by molar-refractivity contribution is 5.77. The van der Waals surface area contributed by atoms with Gasteiger partial charge in [0.25, 0.3) is 0 Å². The van der Waals surface area contributed by atoms with Crippen LogP contribution in [0.15, 0.2) is 60.7 Å². The van der Waals surface area contributed by atoms with Crippen LogP contribution >= 0.6 is 0 Å². The first-order valence-corrected chi connectivity index (χ1v) is 8.83. The number of hydrogen-bond donors (Lipinski definition) is 4. The molecule has 0 aromatic heterocycles. The van der Waals surface area contributed by atoms with Crippen molar-refractivity contribution < 1.29 is 39.5 Å². The number of aromatic hydroxyl groups is 4. The number of carbonyl (C=O) groups is 2. The van der Waals surface area contributed by atoms with E-state index >= 15 is 0 Å². The summed E-state index contributed by atoms with van der Waals surface area (Å²) in [5, 5.41) is 37.5. The number of phenols is 4. The lowest BCUT2D eigenvalue weighted by Crippen LogP contribution is -2.13. The second kappa shape index (κ2) is 8.87. The van der Waals surface area contributed by atoms with Crippen molar-refractivity contribution in [2.45, 2.75) is 12.8 Å². The van der Waals surface area contributed by atoms with E-state index in [0.29, 0.717) is 11.1 Å². The summed E-state index contributed by atoms with van der Waals surface area (Å²) in [4.78, 5) is 24.2. The van der Waals surface area contributed by atoms with Crippen molar-refractivity contribution in [3.05, 3.63) is 71.8 Å². The number of rotatable bonds is 6. The van der Waals surface area contributed by atoms with Crippen molar-refractivity contribution in [1.82, 2.24) is 0 Å². The Labute approximate surface area is 171 Å². The summed E-state index contributed by atoms with van der Waals surface area (Å²) in [7, 11) is 0. The fourth-order valence-corrected chi connectivity index (χ4v) is 2.65. The zero-order valence-corrected chi connectivity index (χ0v) is 15.6. The van der Waals surface area contributed by atoms with E-state index in [-0.39, 0.29) is 35.8 Å². The van der Waals surface area contributed by atoms with Crippen molar-refractivity contribution in [2.24, 2.45) is 0 Å². The third-order valence-electron chi connectivity index (χ3n) is 4.05. The van der Waals surface area contributed by atoms with E-state index in [1.165, 1.54) is 24.3 Å². The highest BCUT2D eigenvalue weighted by Crippen LogP contribution is 2.29. The molecule has 0 spiro atoms. The van der Waals surface area contributed by atoms with Gasteiger partial charge in [0.15, 0.2) is 23.0 Å². The van der Waals surface area contributed by atoms with Gasteiger partial charge in [-0.3, -0.25) is 9.59 Å². The van der Waals surface area contributed by atoms with E-state index in [1.807, 2.05) is 0 Å². The van der Waals surface area contributed by atoms with Gasteiger partial charge in [0.2, 0.25) is 0 Å². The maximum absolute atomic E-state index is 12.1. The molecule has 30 heavy (non-hydrogen) atoms. The molecule has 3 aromatic carbocycles. The zero-order valence-electron chi connectivity index (χ0n) is 15.6. The van der Waals surface area contributed by atoms with E-state index in [0.717, 1.165) is 12.1 Å². The van der Waals surface area contributed by atoms with Gasteiger partial charge < -0.3 is 29.9 Å². The minimum atomic E-state index is -0.584. The fraction of sp³-hybridized carbons (Fsp3) is 0.0909. The highest BCUT2D eigenvalue weighted by atomic mass is 16.5. The summed E-state index contributed by atoms with van der Waals surface area (Å²) < 4.78 is 10.3. The first-order valence-electron chi connectivity index (χ1n) is 8.83. The van der Waals surface area contributed by atoms with Crippen LogP contribution in [0.2, 0.25) is 0 Å². The zero-order chi connectivity index (χ0) is 21.7. The number of benzene rings is 3. The molecule has 8 nitrogen and oxygen atoms in total. The monoisotopic (exact) mass is 410 g/mol. The van der Waals surface area contributed by atoms with Gasteiger partial charge in [-0.05, 0) is 35.4 Å². The summed E-state index contributed by atoms with van der Waals surface area (Å²) in [6.07, 6.45) is -0.146. The molecular weight excluding hydrogens is 392 g/mol. The summed E-state index contributed by atoms with van der Waals surface area (Å²) in [6.45, 7) is 0. The third kappa shape index (κ3) is 5.41. The van der Waals surface area contributed by atoms with Crippen molar-refractivity contribution >= 4 is 11.9 Å². The average molecular weight is 410 g/mol. The van der Waals surface area contributed by atoms with E-state index in [2.05, 4.69) is 0 Å². The van der Waals surface area contributed by atoms with E-state index in [1.54, 1.807) is 24.3 Å². The molecule has 3 rings (SSSR count). The quantitative estimate of drug-likeness (QED) is 0.277. The Morgan fingerprint density at radius 1 is 0.600 bits per heavy atom. The molecule has 8 heteroatoms. The van der Waals surface area contributed by atoms with Gasteiger partial charge in [0.05, 0.1) is 12.8 Å². The first kappa shape index (κ1) is 20.5. The molecule has 0 saturated carbocycles. The van der Waals surface area contributed by atoms with Gasteiger partial charge >= 0.3 is 11.9 Å². The van der Waals surface area contributed by atoms with Crippen LogP contribution in [0.1, 0.15) is 11.1 Å². The standard InChI is InChI=1S/C22H18O8/c23-17-6-4-15(11-19(17)25)29-21(27)9-13-2-1-3-14(8-13)10-22(28)30-16-5-7-18(24)20(26)12-16/h1-8,11-12,23-26H,9-10H2. The van der Waals surface area contributed by atoms with Gasteiger partial charge in [-0.25, -0.2) is 0 Å².